The summed E-state index contributed by atoms with van der Waals surface area (Å²) in [5.74, 6) is -2.12. The number of hydrogen-bond acceptors (Lipinski definition) is 7. The van der Waals surface area contributed by atoms with E-state index in [9.17, 15) is 19.2 Å². The Morgan fingerprint density at radius 2 is 1.77 bits per heavy atom. The third-order valence-electron chi connectivity index (χ3n) is 6.17. The van der Waals surface area contributed by atoms with Gasteiger partial charge in [-0.2, -0.15) is 0 Å². The van der Waals surface area contributed by atoms with Crippen LogP contribution in [0.15, 0.2) is 59.5 Å². The number of carboxylic acids is 1. The van der Waals surface area contributed by atoms with E-state index in [4.69, 9.17) is 9.84 Å². The quantitative estimate of drug-likeness (QED) is 0.190. The Labute approximate surface area is 235 Å². The van der Waals surface area contributed by atoms with Crippen molar-refractivity contribution >= 4 is 57.5 Å². The smallest absolute Gasteiger partial charge is 0.341 e. The summed E-state index contributed by atoms with van der Waals surface area (Å²) < 4.78 is 5.33. The van der Waals surface area contributed by atoms with Gasteiger partial charge in [-0.3, -0.25) is 14.4 Å². The van der Waals surface area contributed by atoms with E-state index in [1.54, 1.807) is 25.1 Å². The van der Waals surface area contributed by atoms with Gasteiger partial charge >= 0.3 is 11.9 Å². The Morgan fingerprint density at radius 1 is 1.00 bits per heavy atom. The fraction of sp³-hybridized carbons (Fsp3) is 0.310. The van der Waals surface area contributed by atoms with E-state index in [0.717, 1.165) is 46.6 Å². The zero-order chi connectivity index (χ0) is 27.8. The van der Waals surface area contributed by atoms with Gasteiger partial charge in [0, 0.05) is 21.9 Å². The second-order valence-corrected chi connectivity index (χ2v) is 11.3. The van der Waals surface area contributed by atoms with Crippen molar-refractivity contribution in [2.45, 2.75) is 55.6 Å². The van der Waals surface area contributed by atoms with Crippen LogP contribution in [-0.4, -0.2) is 35.5 Å². The number of thioether (sulfide) groups is 1. The number of nitrogens with one attached hydrogen (secondary N) is 2. The molecular weight excluding hydrogens is 536 g/mol. The number of fused-ring (bicyclic) bond motifs is 1. The van der Waals surface area contributed by atoms with Gasteiger partial charge in [0.2, 0.25) is 11.8 Å². The van der Waals surface area contributed by atoms with Crippen LogP contribution in [0.25, 0.3) is 0 Å². The lowest BCUT2D eigenvalue weighted by molar-refractivity contribution is -0.138. The van der Waals surface area contributed by atoms with Crippen molar-refractivity contribution in [2.24, 2.45) is 0 Å². The van der Waals surface area contributed by atoms with Crippen LogP contribution in [0.4, 0.5) is 10.7 Å². The fourth-order valence-corrected chi connectivity index (χ4v) is 6.74. The average Bonchev–Trinajstić information content (AvgIpc) is 3.29. The molecule has 3 aromatic rings. The molecule has 1 unspecified atom stereocenters. The zero-order valence-electron chi connectivity index (χ0n) is 21.5. The van der Waals surface area contributed by atoms with E-state index in [1.807, 2.05) is 36.4 Å². The standard InChI is InChI=1S/C29H30N2O6S2/c1-2-37-29(36)25-21-13-6-7-14-22(21)39-28(25)31-27(35)26(18-9-4-3-5-10-18)38-20-12-8-11-19(17-20)30-23(32)15-16-24(33)34/h3-5,8-12,17,26H,2,6-7,13-16H2,1H3,(H,30,32)(H,31,35)(H,33,34). The summed E-state index contributed by atoms with van der Waals surface area (Å²) in [5.41, 5.74) is 2.75. The Kier molecular flexibility index (Phi) is 9.78. The SMILES string of the molecule is CCOC(=O)c1c(NC(=O)C(Sc2cccc(NC(=O)CCC(=O)O)c2)c2ccccc2)sc2c1CCCC2. The number of benzene rings is 2. The Bertz CT molecular complexity index is 1360. The van der Waals surface area contributed by atoms with E-state index in [0.29, 0.717) is 16.3 Å². The molecule has 39 heavy (non-hydrogen) atoms. The number of aliphatic carboxylic acids is 1. The van der Waals surface area contributed by atoms with Crippen molar-refractivity contribution in [1.29, 1.82) is 0 Å². The van der Waals surface area contributed by atoms with E-state index < -0.39 is 23.1 Å². The molecule has 2 aromatic carbocycles. The first-order chi connectivity index (χ1) is 18.9. The van der Waals surface area contributed by atoms with Gasteiger partial charge < -0.3 is 20.5 Å². The molecule has 0 saturated heterocycles. The molecule has 0 saturated carbocycles. The topological polar surface area (TPSA) is 122 Å². The second-order valence-electron chi connectivity index (χ2n) is 9.00. The molecule has 1 aromatic heterocycles. The van der Waals surface area contributed by atoms with Gasteiger partial charge in [0.15, 0.2) is 0 Å². The minimum absolute atomic E-state index is 0.130. The van der Waals surface area contributed by atoms with Crippen molar-refractivity contribution in [3.05, 3.63) is 76.2 Å². The number of carbonyl (C=O) groups is 4. The molecular formula is C29H30N2O6S2. The fourth-order valence-electron chi connectivity index (χ4n) is 4.38. The summed E-state index contributed by atoms with van der Waals surface area (Å²) in [6, 6.07) is 16.4. The Hall–Kier alpha value is -3.63. The van der Waals surface area contributed by atoms with Gasteiger partial charge in [0.05, 0.1) is 18.6 Å². The highest BCUT2D eigenvalue weighted by atomic mass is 32.2. The molecule has 8 nitrogen and oxygen atoms in total. The molecule has 3 N–H and O–H groups in total. The molecule has 204 valence electrons. The van der Waals surface area contributed by atoms with Gasteiger partial charge in [-0.25, -0.2) is 4.79 Å². The van der Waals surface area contributed by atoms with Gasteiger partial charge in [0.25, 0.3) is 0 Å². The third-order valence-corrected chi connectivity index (χ3v) is 8.62. The number of aryl methyl sites for hydroxylation is 1. The summed E-state index contributed by atoms with van der Waals surface area (Å²) >= 11 is 2.77. The minimum atomic E-state index is -1.04. The first kappa shape index (κ1) is 28.4. The first-order valence-electron chi connectivity index (χ1n) is 12.8. The summed E-state index contributed by atoms with van der Waals surface area (Å²) in [4.78, 5) is 51.4. The average molecular weight is 567 g/mol. The summed E-state index contributed by atoms with van der Waals surface area (Å²) in [6.45, 7) is 2.02. The van der Waals surface area contributed by atoms with Crippen LogP contribution in [-0.2, 0) is 32.0 Å². The number of amides is 2. The van der Waals surface area contributed by atoms with Crippen LogP contribution in [0.2, 0.25) is 0 Å². The van der Waals surface area contributed by atoms with E-state index >= 15 is 0 Å². The maximum atomic E-state index is 13.8. The molecule has 2 amide bonds. The van der Waals surface area contributed by atoms with E-state index in [2.05, 4.69) is 10.6 Å². The van der Waals surface area contributed by atoms with Gasteiger partial charge in [-0.1, -0.05) is 36.4 Å². The Morgan fingerprint density at radius 3 is 2.51 bits per heavy atom. The second kappa shape index (κ2) is 13.4. The van der Waals surface area contributed by atoms with E-state index in [-0.39, 0.29) is 25.4 Å². The molecule has 1 aliphatic rings. The maximum absolute atomic E-state index is 13.8. The van der Waals surface area contributed by atoms with Crippen LogP contribution in [0, 0.1) is 0 Å². The number of anilines is 2. The van der Waals surface area contributed by atoms with Crippen LogP contribution in [0.3, 0.4) is 0 Å². The predicted octanol–water partition coefficient (Wildman–Crippen LogP) is 6.08. The predicted molar refractivity (Wildman–Crippen MR) is 153 cm³/mol. The number of hydrogen-bond donors (Lipinski definition) is 3. The maximum Gasteiger partial charge on any atom is 0.341 e. The van der Waals surface area contributed by atoms with Gasteiger partial charge in [-0.15, -0.1) is 23.1 Å². The third kappa shape index (κ3) is 7.48. The highest BCUT2D eigenvalue weighted by molar-refractivity contribution is 8.00. The summed E-state index contributed by atoms with van der Waals surface area (Å²) in [6.07, 6.45) is 3.33. The molecule has 1 atom stereocenters. The van der Waals surface area contributed by atoms with Crippen LogP contribution < -0.4 is 10.6 Å². The lowest BCUT2D eigenvalue weighted by Crippen LogP contribution is -2.20. The molecule has 1 aliphatic carbocycles. The molecule has 0 spiro atoms. The van der Waals surface area contributed by atoms with Crippen LogP contribution in [0.5, 0.6) is 0 Å². The van der Waals surface area contributed by atoms with Crippen molar-refractivity contribution < 1.29 is 29.0 Å². The molecule has 4 rings (SSSR count). The molecule has 10 heteroatoms. The number of esters is 1. The highest BCUT2D eigenvalue weighted by Crippen LogP contribution is 2.41. The first-order valence-corrected chi connectivity index (χ1v) is 14.5. The highest BCUT2D eigenvalue weighted by Gasteiger charge is 2.30. The number of ether oxygens (including phenoxy) is 1. The van der Waals surface area contributed by atoms with Crippen molar-refractivity contribution in [3.63, 3.8) is 0 Å². The molecule has 0 bridgehead atoms. The number of thiophene rings is 1. The largest absolute Gasteiger partial charge is 0.481 e. The lowest BCUT2D eigenvalue weighted by atomic mass is 9.95. The lowest BCUT2D eigenvalue weighted by Gasteiger charge is -2.18. The monoisotopic (exact) mass is 566 g/mol. The number of carboxylic acid groups (broad SMARTS) is 1. The summed E-state index contributed by atoms with van der Waals surface area (Å²) in [5, 5.41) is 14.4. The number of rotatable bonds is 11. The van der Waals surface area contributed by atoms with Crippen molar-refractivity contribution in [1.82, 2.24) is 0 Å². The van der Waals surface area contributed by atoms with Gasteiger partial charge in [-0.05, 0) is 61.9 Å². The van der Waals surface area contributed by atoms with Crippen LogP contribution in [0.1, 0.15) is 64.2 Å². The van der Waals surface area contributed by atoms with Crippen molar-refractivity contribution in [2.75, 3.05) is 17.2 Å². The van der Waals surface area contributed by atoms with Crippen molar-refractivity contribution in [3.8, 4) is 0 Å². The number of carbonyl (C=O) groups excluding carboxylic acids is 3. The van der Waals surface area contributed by atoms with Crippen LogP contribution >= 0.6 is 23.1 Å². The normalized spacial score (nSPS) is 13.2. The zero-order valence-corrected chi connectivity index (χ0v) is 23.2. The molecule has 0 radical (unpaired) electrons. The summed E-state index contributed by atoms with van der Waals surface area (Å²) in [7, 11) is 0. The molecule has 0 fully saturated rings. The minimum Gasteiger partial charge on any atom is -0.481 e. The van der Waals surface area contributed by atoms with Gasteiger partial charge in [0.1, 0.15) is 10.3 Å². The molecule has 0 aliphatic heterocycles. The molecule has 1 heterocycles. The van der Waals surface area contributed by atoms with E-state index in [1.165, 1.54) is 23.1 Å². The Balaban J connectivity index is 1.58.